The fraction of sp³-hybridized carbons (Fsp3) is 0.240. The summed E-state index contributed by atoms with van der Waals surface area (Å²) in [7, 11) is 1.65. The molecule has 33 heavy (non-hydrogen) atoms. The van der Waals surface area contributed by atoms with E-state index in [0.717, 1.165) is 48.6 Å². The molecule has 172 valence electrons. The van der Waals surface area contributed by atoms with Crippen LogP contribution in [0.4, 0.5) is 0 Å². The molecule has 0 atom stereocenters. The highest BCUT2D eigenvalue weighted by atomic mass is 35.5. The first-order chi connectivity index (χ1) is 15.8. The van der Waals surface area contributed by atoms with Gasteiger partial charge in [-0.3, -0.25) is 4.68 Å². The van der Waals surface area contributed by atoms with Gasteiger partial charge in [0.25, 0.3) is 0 Å². The van der Waals surface area contributed by atoms with E-state index in [1.807, 2.05) is 59.4 Å². The molecule has 0 aliphatic heterocycles. The van der Waals surface area contributed by atoms with E-state index in [-0.39, 0.29) is 12.4 Å². The second-order valence-corrected chi connectivity index (χ2v) is 7.34. The number of aryl methyl sites for hydroxylation is 2. The molecule has 0 unspecified atom stereocenters. The van der Waals surface area contributed by atoms with Crippen molar-refractivity contribution in [3.05, 3.63) is 89.9 Å². The van der Waals surface area contributed by atoms with Gasteiger partial charge < -0.3 is 13.9 Å². The molecule has 2 aromatic carbocycles. The number of ether oxygens (including phenoxy) is 2. The van der Waals surface area contributed by atoms with Gasteiger partial charge in [-0.2, -0.15) is 0 Å². The maximum atomic E-state index is 5.84. The molecule has 0 saturated heterocycles. The minimum absolute atomic E-state index is 0. The number of rotatable bonds is 11. The van der Waals surface area contributed by atoms with Crippen LogP contribution in [-0.2, 0) is 19.6 Å². The molecule has 0 spiro atoms. The first-order valence-electron chi connectivity index (χ1n) is 10.6. The van der Waals surface area contributed by atoms with Gasteiger partial charge in [-0.25, -0.2) is 4.98 Å². The maximum absolute atomic E-state index is 5.84. The van der Waals surface area contributed by atoms with E-state index in [1.54, 1.807) is 19.6 Å². The summed E-state index contributed by atoms with van der Waals surface area (Å²) < 4.78 is 18.4. The van der Waals surface area contributed by atoms with Crippen LogP contribution in [0, 0.1) is 0 Å². The Balaban J connectivity index is 0.00000306. The molecule has 0 aliphatic carbocycles. The van der Waals surface area contributed by atoms with Crippen molar-refractivity contribution in [1.82, 2.24) is 20.0 Å². The van der Waals surface area contributed by atoms with E-state index < -0.39 is 0 Å². The van der Waals surface area contributed by atoms with Crippen LogP contribution in [0.5, 0.6) is 11.5 Å². The van der Waals surface area contributed by atoms with E-state index in [4.69, 9.17) is 13.9 Å². The minimum Gasteiger partial charge on any atom is -0.497 e. The van der Waals surface area contributed by atoms with E-state index in [1.165, 1.54) is 5.56 Å². The molecule has 2 heterocycles. The van der Waals surface area contributed by atoms with Crippen LogP contribution in [0.3, 0.4) is 0 Å². The van der Waals surface area contributed by atoms with Gasteiger partial charge >= 0.3 is 0 Å². The monoisotopic (exact) mass is 466 g/mol. The molecule has 0 N–H and O–H groups in total. The largest absolute Gasteiger partial charge is 0.497 e. The summed E-state index contributed by atoms with van der Waals surface area (Å²) in [5, 5.41) is 7.80. The highest BCUT2D eigenvalue weighted by Gasteiger charge is 2.03. The molecule has 0 bridgehead atoms. The summed E-state index contributed by atoms with van der Waals surface area (Å²) in [5.41, 5.74) is 3.08. The zero-order chi connectivity index (χ0) is 22.0. The first kappa shape index (κ1) is 24.1. The third-order valence-corrected chi connectivity index (χ3v) is 4.99. The third-order valence-electron chi connectivity index (χ3n) is 4.99. The molecule has 7 nitrogen and oxygen atoms in total. The van der Waals surface area contributed by atoms with Crippen molar-refractivity contribution in [1.29, 1.82) is 0 Å². The Bertz CT molecular complexity index is 1110. The summed E-state index contributed by atoms with van der Waals surface area (Å²) in [6, 6.07) is 16.0. The first-order valence-corrected chi connectivity index (χ1v) is 10.6. The summed E-state index contributed by atoms with van der Waals surface area (Å²) in [6.07, 6.45) is 12.2. The van der Waals surface area contributed by atoms with Crippen LogP contribution in [0.15, 0.2) is 71.6 Å². The predicted octanol–water partition coefficient (Wildman–Crippen LogP) is 5.47. The molecule has 8 heteroatoms. The highest BCUT2D eigenvalue weighted by Crippen LogP contribution is 2.17. The van der Waals surface area contributed by atoms with Gasteiger partial charge in [0, 0.05) is 18.8 Å². The molecular formula is C25H27ClN4O3. The van der Waals surface area contributed by atoms with Crippen molar-refractivity contribution in [2.45, 2.75) is 32.4 Å². The van der Waals surface area contributed by atoms with Gasteiger partial charge in [0.2, 0.25) is 5.89 Å². The molecule has 0 aliphatic rings. The molecule has 2 aromatic heterocycles. The van der Waals surface area contributed by atoms with Crippen molar-refractivity contribution in [3.63, 3.8) is 0 Å². The van der Waals surface area contributed by atoms with Gasteiger partial charge in [-0.1, -0.05) is 29.5 Å². The average Bonchev–Trinajstić information content (AvgIpc) is 3.52. The van der Waals surface area contributed by atoms with Crippen LogP contribution in [0.25, 0.3) is 12.2 Å². The van der Waals surface area contributed by atoms with Crippen LogP contribution < -0.4 is 9.47 Å². The number of halogens is 1. The lowest BCUT2D eigenvalue weighted by atomic mass is 10.1. The van der Waals surface area contributed by atoms with Crippen molar-refractivity contribution in [2.75, 3.05) is 7.11 Å². The standard InChI is InChI=1S/C25H26N4O3.ClH/c1-30-23-10-5-21(6-11-23)9-14-25-27-22(19-32-25)18-31-24-12-7-20(8-13-24)4-2-3-16-29-17-15-26-28-29;/h5-15,17,19H,2-4,16,18H2,1H3;1H/b14-9+;. The Morgan fingerprint density at radius 1 is 0.970 bits per heavy atom. The smallest absolute Gasteiger partial charge is 0.218 e. The third kappa shape index (κ3) is 7.50. The molecule has 0 saturated carbocycles. The number of hydrogen-bond donors (Lipinski definition) is 0. The Labute approximate surface area is 199 Å². The predicted molar refractivity (Wildman–Crippen MR) is 129 cm³/mol. The quantitative estimate of drug-likeness (QED) is 0.273. The zero-order valence-electron chi connectivity index (χ0n) is 18.5. The molecule has 0 radical (unpaired) electrons. The van der Waals surface area contributed by atoms with Crippen molar-refractivity contribution in [3.8, 4) is 11.5 Å². The van der Waals surface area contributed by atoms with Crippen LogP contribution in [0.1, 0.15) is 35.6 Å². The van der Waals surface area contributed by atoms with Crippen LogP contribution in [-0.4, -0.2) is 27.1 Å². The van der Waals surface area contributed by atoms with Crippen molar-refractivity contribution >= 4 is 24.6 Å². The second kappa shape index (κ2) is 12.5. The van der Waals surface area contributed by atoms with Gasteiger partial charge in [0.05, 0.1) is 13.3 Å². The van der Waals surface area contributed by atoms with E-state index >= 15 is 0 Å². The summed E-state index contributed by atoms with van der Waals surface area (Å²) in [6.45, 7) is 1.26. The summed E-state index contributed by atoms with van der Waals surface area (Å²) in [5.74, 6) is 2.18. The van der Waals surface area contributed by atoms with Gasteiger partial charge in [-0.05, 0) is 60.7 Å². The Morgan fingerprint density at radius 3 is 2.48 bits per heavy atom. The van der Waals surface area contributed by atoms with Crippen LogP contribution in [0.2, 0.25) is 0 Å². The van der Waals surface area contributed by atoms with Crippen molar-refractivity contribution < 1.29 is 13.9 Å². The van der Waals surface area contributed by atoms with Gasteiger partial charge in [-0.15, -0.1) is 17.5 Å². The Kier molecular flexibility index (Phi) is 9.08. The topological polar surface area (TPSA) is 75.2 Å². The average molecular weight is 467 g/mol. The van der Waals surface area contributed by atoms with Gasteiger partial charge in [0.15, 0.2) is 0 Å². The fourth-order valence-corrected chi connectivity index (χ4v) is 3.21. The molecular weight excluding hydrogens is 440 g/mol. The van der Waals surface area contributed by atoms with Gasteiger partial charge in [0.1, 0.15) is 30.1 Å². The normalized spacial score (nSPS) is 10.8. The summed E-state index contributed by atoms with van der Waals surface area (Å²) >= 11 is 0. The number of aromatic nitrogens is 4. The number of methoxy groups -OCH3 is 1. The SMILES string of the molecule is COc1ccc(/C=C/c2nc(COc3ccc(CCCCn4ccnn4)cc3)co2)cc1.Cl. The van der Waals surface area contributed by atoms with E-state index in [9.17, 15) is 0 Å². The number of nitrogens with zero attached hydrogens (tertiary/aromatic N) is 4. The summed E-state index contributed by atoms with van der Waals surface area (Å²) in [4.78, 5) is 4.45. The fourth-order valence-electron chi connectivity index (χ4n) is 3.21. The zero-order valence-corrected chi connectivity index (χ0v) is 19.3. The second-order valence-electron chi connectivity index (χ2n) is 7.34. The lowest BCUT2D eigenvalue weighted by molar-refractivity contribution is 0.301. The lowest BCUT2D eigenvalue weighted by Crippen LogP contribution is -1.99. The molecule has 0 amide bonds. The van der Waals surface area contributed by atoms with E-state index in [2.05, 4.69) is 27.4 Å². The molecule has 4 aromatic rings. The maximum Gasteiger partial charge on any atom is 0.218 e. The lowest BCUT2D eigenvalue weighted by Gasteiger charge is -2.06. The minimum atomic E-state index is 0. The number of benzene rings is 2. The Hall–Kier alpha value is -3.58. The highest BCUT2D eigenvalue weighted by molar-refractivity contribution is 5.85. The van der Waals surface area contributed by atoms with E-state index in [0.29, 0.717) is 12.5 Å². The number of oxazole rings is 1. The number of unbranched alkanes of at least 4 members (excludes halogenated alkanes) is 1. The Morgan fingerprint density at radius 2 is 1.76 bits per heavy atom. The molecule has 4 rings (SSSR count). The van der Waals surface area contributed by atoms with Crippen molar-refractivity contribution in [2.24, 2.45) is 0 Å². The number of hydrogen-bond acceptors (Lipinski definition) is 6. The molecule has 0 fully saturated rings. The van der Waals surface area contributed by atoms with Crippen LogP contribution >= 0.6 is 12.4 Å².